The van der Waals surface area contributed by atoms with E-state index in [-0.39, 0.29) is 11.9 Å². The van der Waals surface area contributed by atoms with Crippen LogP contribution < -0.4 is 10.2 Å². The van der Waals surface area contributed by atoms with Crippen molar-refractivity contribution in [3.63, 3.8) is 0 Å². The van der Waals surface area contributed by atoms with Gasteiger partial charge in [0.2, 0.25) is 5.91 Å². The first-order valence-corrected chi connectivity index (χ1v) is 7.23. The Balaban J connectivity index is 2.08. The molecule has 1 heterocycles. The fourth-order valence-corrected chi connectivity index (χ4v) is 2.67. The summed E-state index contributed by atoms with van der Waals surface area (Å²) in [7, 11) is 1.87. The molecular weight excluding hydrogens is 236 g/mol. The number of rotatable bonds is 3. The van der Waals surface area contributed by atoms with Gasteiger partial charge in [-0.2, -0.15) is 0 Å². The number of amides is 1. The van der Waals surface area contributed by atoms with Crippen LogP contribution in [0.5, 0.6) is 0 Å². The van der Waals surface area contributed by atoms with Gasteiger partial charge in [-0.15, -0.1) is 0 Å². The Hall–Kier alpha value is -1.35. The first-order chi connectivity index (χ1) is 9.13. The van der Waals surface area contributed by atoms with Crippen molar-refractivity contribution in [2.45, 2.75) is 39.2 Å². The normalized spacial score (nSPS) is 23.1. The van der Waals surface area contributed by atoms with Crippen LogP contribution in [-0.4, -0.2) is 25.5 Å². The minimum Gasteiger partial charge on any atom is -0.314 e. The molecule has 1 amide bonds. The molecule has 104 valence electrons. The Morgan fingerprint density at radius 1 is 1.37 bits per heavy atom. The average Bonchev–Trinajstić information content (AvgIpc) is 2.46. The molecule has 0 radical (unpaired) electrons. The number of aryl methyl sites for hydroxylation is 1. The van der Waals surface area contributed by atoms with E-state index in [1.54, 1.807) is 4.90 Å². The third-order valence-electron chi connectivity index (χ3n) is 4.10. The maximum absolute atomic E-state index is 12.5. The number of likely N-dealkylation sites (N-methyl/N-ethyl adjacent to an activating group) is 1. The molecule has 2 rings (SSSR count). The highest BCUT2D eigenvalue weighted by Gasteiger charge is 2.29. The smallest absolute Gasteiger partial charge is 0.244 e. The highest BCUT2D eigenvalue weighted by atomic mass is 16.2. The lowest BCUT2D eigenvalue weighted by atomic mass is 9.92. The molecule has 0 saturated carbocycles. The van der Waals surface area contributed by atoms with Crippen LogP contribution in [0.1, 0.15) is 32.3 Å². The zero-order valence-corrected chi connectivity index (χ0v) is 12.1. The van der Waals surface area contributed by atoms with Crippen LogP contribution in [-0.2, 0) is 11.2 Å². The van der Waals surface area contributed by atoms with Gasteiger partial charge in [0, 0.05) is 12.7 Å². The van der Waals surface area contributed by atoms with E-state index in [1.807, 2.05) is 19.2 Å². The summed E-state index contributed by atoms with van der Waals surface area (Å²) < 4.78 is 0. The van der Waals surface area contributed by atoms with E-state index in [0.29, 0.717) is 5.92 Å². The minimum atomic E-state index is -0.0374. The number of hydrogen-bond donors (Lipinski definition) is 1. The predicted octanol–water partition coefficient (Wildman–Crippen LogP) is 2.60. The highest BCUT2D eigenvalue weighted by molar-refractivity contribution is 5.97. The molecule has 0 spiro atoms. The highest BCUT2D eigenvalue weighted by Crippen LogP contribution is 2.21. The Bertz CT molecular complexity index is 427. The van der Waals surface area contributed by atoms with Crippen LogP contribution >= 0.6 is 0 Å². The first-order valence-electron chi connectivity index (χ1n) is 7.23. The fraction of sp³-hybridized carbons (Fsp3) is 0.562. The molecule has 2 unspecified atom stereocenters. The standard InChI is InChI=1S/C16H24N2O/c1-4-13-7-9-14(10-8-13)18(3)16(19)15-12(2)6-5-11-17-15/h7-10,12,15,17H,4-6,11H2,1-3H3. The summed E-state index contributed by atoms with van der Waals surface area (Å²) in [6, 6.07) is 8.21. The van der Waals surface area contributed by atoms with Gasteiger partial charge in [-0.1, -0.05) is 26.0 Å². The number of carbonyl (C=O) groups excluding carboxylic acids is 1. The van der Waals surface area contributed by atoms with Crippen LogP contribution in [0.4, 0.5) is 5.69 Å². The van der Waals surface area contributed by atoms with Gasteiger partial charge in [0.15, 0.2) is 0 Å². The van der Waals surface area contributed by atoms with Crippen molar-refractivity contribution in [1.29, 1.82) is 0 Å². The van der Waals surface area contributed by atoms with Gasteiger partial charge in [-0.3, -0.25) is 4.79 Å². The molecule has 3 nitrogen and oxygen atoms in total. The predicted molar refractivity (Wildman–Crippen MR) is 79.4 cm³/mol. The van der Waals surface area contributed by atoms with Gasteiger partial charge in [0.25, 0.3) is 0 Å². The third-order valence-corrected chi connectivity index (χ3v) is 4.10. The zero-order valence-electron chi connectivity index (χ0n) is 12.1. The van der Waals surface area contributed by atoms with Crippen molar-refractivity contribution in [3.05, 3.63) is 29.8 Å². The fourth-order valence-electron chi connectivity index (χ4n) is 2.67. The monoisotopic (exact) mass is 260 g/mol. The lowest BCUT2D eigenvalue weighted by molar-refractivity contribution is -0.121. The minimum absolute atomic E-state index is 0.0374. The Morgan fingerprint density at radius 3 is 2.63 bits per heavy atom. The molecule has 3 heteroatoms. The van der Waals surface area contributed by atoms with Crippen molar-refractivity contribution >= 4 is 11.6 Å². The summed E-state index contributed by atoms with van der Waals surface area (Å²) >= 11 is 0. The van der Waals surface area contributed by atoms with Crippen LogP contribution in [0.15, 0.2) is 24.3 Å². The van der Waals surface area contributed by atoms with E-state index in [4.69, 9.17) is 0 Å². The Kier molecular flexibility index (Phi) is 4.59. The summed E-state index contributed by atoms with van der Waals surface area (Å²) in [6.45, 7) is 5.24. The van der Waals surface area contributed by atoms with Gasteiger partial charge < -0.3 is 10.2 Å². The number of anilines is 1. The summed E-state index contributed by atoms with van der Waals surface area (Å²) in [4.78, 5) is 14.3. The van der Waals surface area contributed by atoms with E-state index in [0.717, 1.165) is 25.1 Å². The molecule has 1 fully saturated rings. The maximum atomic E-state index is 12.5. The molecular formula is C16H24N2O. The molecule has 19 heavy (non-hydrogen) atoms. The zero-order chi connectivity index (χ0) is 13.8. The summed E-state index contributed by atoms with van der Waals surface area (Å²) in [5.41, 5.74) is 2.27. The topological polar surface area (TPSA) is 32.3 Å². The van der Waals surface area contributed by atoms with E-state index in [1.165, 1.54) is 12.0 Å². The van der Waals surface area contributed by atoms with Crippen LogP contribution in [0, 0.1) is 5.92 Å². The SMILES string of the molecule is CCc1ccc(N(C)C(=O)C2NCCCC2C)cc1. The molecule has 2 atom stereocenters. The van der Waals surface area contributed by atoms with Crippen molar-refractivity contribution in [1.82, 2.24) is 5.32 Å². The molecule has 1 aliphatic rings. The number of nitrogens with zero attached hydrogens (tertiary/aromatic N) is 1. The second kappa shape index (κ2) is 6.20. The van der Waals surface area contributed by atoms with Crippen LogP contribution in [0.25, 0.3) is 0 Å². The van der Waals surface area contributed by atoms with Crippen molar-refractivity contribution in [2.24, 2.45) is 5.92 Å². The number of hydrogen-bond acceptors (Lipinski definition) is 2. The lowest BCUT2D eigenvalue weighted by Crippen LogP contribution is -2.51. The van der Waals surface area contributed by atoms with Crippen molar-refractivity contribution in [3.8, 4) is 0 Å². The van der Waals surface area contributed by atoms with Crippen molar-refractivity contribution < 1.29 is 4.79 Å². The average molecular weight is 260 g/mol. The molecule has 1 aliphatic heterocycles. The maximum Gasteiger partial charge on any atom is 0.244 e. The molecule has 1 aromatic carbocycles. The van der Waals surface area contributed by atoms with E-state index >= 15 is 0 Å². The molecule has 0 aromatic heterocycles. The van der Waals surface area contributed by atoms with E-state index in [2.05, 4.69) is 31.3 Å². The summed E-state index contributed by atoms with van der Waals surface area (Å²) in [5, 5.41) is 3.35. The Morgan fingerprint density at radius 2 is 2.05 bits per heavy atom. The first kappa shape index (κ1) is 14.1. The third kappa shape index (κ3) is 3.16. The molecule has 0 bridgehead atoms. The second-order valence-electron chi connectivity index (χ2n) is 5.47. The van der Waals surface area contributed by atoms with Gasteiger partial charge in [-0.05, 0) is 49.4 Å². The lowest BCUT2D eigenvalue weighted by Gasteiger charge is -2.32. The van der Waals surface area contributed by atoms with Gasteiger partial charge in [0.05, 0.1) is 6.04 Å². The quantitative estimate of drug-likeness (QED) is 0.906. The van der Waals surface area contributed by atoms with E-state index < -0.39 is 0 Å². The molecule has 1 aromatic rings. The molecule has 1 N–H and O–H groups in total. The largest absolute Gasteiger partial charge is 0.314 e. The summed E-state index contributed by atoms with van der Waals surface area (Å²) in [5.74, 6) is 0.593. The van der Waals surface area contributed by atoms with Crippen LogP contribution in [0.3, 0.4) is 0 Å². The van der Waals surface area contributed by atoms with Gasteiger partial charge in [-0.25, -0.2) is 0 Å². The molecule has 0 aliphatic carbocycles. The number of carbonyl (C=O) groups is 1. The van der Waals surface area contributed by atoms with E-state index in [9.17, 15) is 4.79 Å². The van der Waals surface area contributed by atoms with Gasteiger partial charge in [0.1, 0.15) is 0 Å². The van der Waals surface area contributed by atoms with Gasteiger partial charge >= 0.3 is 0 Å². The summed E-state index contributed by atoms with van der Waals surface area (Å²) in [6.07, 6.45) is 3.32. The second-order valence-corrected chi connectivity index (χ2v) is 5.47. The van der Waals surface area contributed by atoms with Crippen LogP contribution in [0.2, 0.25) is 0 Å². The molecule has 1 saturated heterocycles. The number of piperidine rings is 1. The number of nitrogens with one attached hydrogen (secondary N) is 1. The number of benzene rings is 1. The Labute approximate surface area is 116 Å². The van der Waals surface area contributed by atoms with Crippen molar-refractivity contribution in [2.75, 3.05) is 18.5 Å².